The van der Waals surface area contributed by atoms with Gasteiger partial charge in [-0.1, -0.05) is 12.2 Å². The number of thioether (sulfide) groups is 1. The molecule has 0 radical (unpaired) electrons. The largest absolute Gasteiger partial charge is 0.384 e. The maximum absolute atomic E-state index is 4.89. The van der Waals surface area contributed by atoms with Gasteiger partial charge >= 0.3 is 0 Å². The van der Waals surface area contributed by atoms with E-state index in [0.29, 0.717) is 0 Å². The average molecular weight is 178 g/mol. The molecular weight excluding hydrogens is 164 g/mol. The highest BCUT2D eigenvalue weighted by atomic mass is 32.2. The lowest BCUT2D eigenvalue weighted by atomic mass is 10.6. The Balaban J connectivity index is 2.83. The van der Waals surface area contributed by atoms with Gasteiger partial charge in [0.25, 0.3) is 0 Å². The normalized spacial score (nSPS) is 11.0. The van der Waals surface area contributed by atoms with Crippen molar-refractivity contribution >= 4 is 24.4 Å². The molecule has 0 aromatic rings. The molecule has 0 heterocycles. The Morgan fingerprint density at radius 2 is 2.30 bits per heavy atom. The molecule has 3 heteroatoms. The van der Waals surface area contributed by atoms with Crippen LogP contribution in [0.15, 0.2) is 12.2 Å². The Morgan fingerprint density at radius 1 is 1.50 bits per heavy atom. The average Bonchev–Trinajstić information content (AvgIpc) is 1.97. The van der Waals surface area contributed by atoms with Crippen LogP contribution in [0.4, 0.5) is 0 Å². The first-order chi connectivity index (χ1) is 4.91. The van der Waals surface area contributed by atoms with Crippen molar-refractivity contribution in [1.29, 1.82) is 0 Å². The molecule has 0 saturated heterocycles. The molecule has 0 aromatic carbocycles. The minimum Gasteiger partial charge on any atom is -0.384 e. The Kier molecular flexibility index (Phi) is 9.78. The van der Waals surface area contributed by atoms with E-state index in [1.165, 1.54) is 0 Å². The lowest BCUT2D eigenvalue weighted by Gasteiger charge is -1.94. The van der Waals surface area contributed by atoms with Gasteiger partial charge in [-0.05, 0) is 0 Å². The van der Waals surface area contributed by atoms with Gasteiger partial charge in [0.1, 0.15) is 0 Å². The van der Waals surface area contributed by atoms with Crippen molar-refractivity contribution in [3.05, 3.63) is 12.2 Å². The van der Waals surface area contributed by atoms with E-state index in [2.05, 4.69) is 24.8 Å². The van der Waals surface area contributed by atoms with Crippen molar-refractivity contribution in [3.63, 3.8) is 0 Å². The standard InChI is InChI=1S/C7H14OS2/c1-8-4-7-10-6-3-2-5-9/h2-3,9H,4-7H2,1H3. The number of ether oxygens (including phenoxy) is 1. The topological polar surface area (TPSA) is 9.23 Å². The highest BCUT2D eigenvalue weighted by molar-refractivity contribution is 7.99. The Hall–Kier alpha value is 0.400. The lowest BCUT2D eigenvalue weighted by molar-refractivity contribution is 0.218. The van der Waals surface area contributed by atoms with Gasteiger partial charge < -0.3 is 4.74 Å². The van der Waals surface area contributed by atoms with Crippen LogP contribution in [0.5, 0.6) is 0 Å². The van der Waals surface area contributed by atoms with Crippen LogP contribution in [-0.4, -0.2) is 31.0 Å². The third-order valence-corrected chi connectivity index (χ3v) is 2.01. The van der Waals surface area contributed by atoms with E-state index in [1.54, 1.807) is 7.11 Å². The van der Waals surface area contributed by atoms with Gasteiger partial charge in [0.2, 0.25) is 0 Å². The molecule has 0 N–H and O–H groups in total. The molecule has 0 bridgehead atoms. The van der Waals surface area contributed by atoms with Crippen LogP contribution in [0, 0.1) is 0 Å². The molecule has 0 amide bonds. The first-order valence-corrected chi connectivity index (χ1v) is 5.03. The van der Waals surface area contributed by atoms with Gasteiger partial charge in [0.05, 0.1) is 6.61 Å². The number of hydrogen-bond acceptors (Lipinski definition) is 3. The molecule has 0 aliphatic carbocycles. The lowest BCUT2D eigenvalue weighted by Crippen LogP contribution is -1.91. The van der Waals surface area contributed by atoms with Crippen LogP contribution < -0.4 is 0 Å². The zero-order valence-electron chi connectivity index (χ0n) is 6.25. The number of rotatable bonds is 6. The van der Waals surface area contributed by atoms with E-state index >= 15 is 0 Å². The monoisotopic (exact) mass is 178 g/mol. The van der Waals surface area contributed by atoms with E-state index in [1.807, 2.05) is 11.8 Å². The molecule has 0 aliphatic rings. The zero-order chi connectivity index (χ0) is 7.66. The van der Waals surface area contributed by atoms with Gasteiger partial charge in [0, 0.05) is 24.4 Å². The third-order valence-electron chi connectivity index (χ3n) is 0.918. The van der Waals surface area contributed by atoms with E-state index in [9.17, 15) is 0 Å². The Labute approximate surface area is 72.6 Å². The fourth-order valence-corrected chi connectivity index (χ4v) is 1.31. The molecule has 0 unspecified atom stereocenters. The van der Waals surface area contributed by atoms with E-state index < -0.39 is 0 Å². The van der Waals surface area contributed by atoms with E-state index in [-0.39, 0.29) is 0 Å². The molecule has 0 spiro atoms. The maximum Gasteiger partial charge on any atom is 0.0553 e. The van der Waals surface area contributed by atoms with Crippen LogP contribution in [0.2, 0.25) is 0 Å². The smallest absolute Gasteiger partial charge is 0.0553 e. The Bertz CT molecular complexity index is 83.7. The summed E-state index contributed by atoms with van der Waals surface area (Å²) in [6, 6.07) is 0. The van der Waals surface area contributed by atoms with Crippen LogP contribution >= 0.6 is 24.4 Å². The predicted molar refractivity (Wildman–Crippen MR) is 52.2 cm³/mol. The molecule has 60 valence electrons. The van der Waals surface area contributed by atoms with Crippen LogP contribution in [-0.2, 0) is 4.74 Å². The van der Waals surface area contributed by atoms with Crippen molar-refractivity contribution in [2.45, 2.75) is 0 Å². The molecule has 0 atom stereocenters. The third kappa shape index (κ3) is 8.40. The minimum absolute atomic E-state index is 0.838. The van der Waals surface area contributed by atoms with Crippen molar-refractivity contribution in [2.75, 3.05) is 31.0 Å². The minimum atomic E-state index is 0.838. The van der Waals surface area contributed by atoms with Gasteiger partial charge in [-0.3, -0.25) is 0 Å². The molecule has 0 fully saturated rings. The molecule has 1 nitrogen and oxygen atoms in total. The number of thiol groups is 1. The van der Waals surface area contributed by atoms with E-state index in [0.717, 1.165) is 23.9 Å². The maximum atomic E-state index is 4.89. The summed E-state index contributed by atoms with van der Waals surface area (Å²) in [7, 11) is 1.73. The Morgan fingerprint density at radius 3 is 2.90 bits per heavy atom. The summed E-state index contributed by atoms with van der Waals surface area (Å²) in [6.07, 6.45) is 4.19. The SMILES string of the molecule is COCCSCC=CCS. The summed E-state index contributed by atoms with van der Waals surface area (Å²) in [5, 5.41) is 0. The highest BCUT2D eigenvalue weighted by Crippen LogP contribution is 1.99. The molecule has 0 aliphatic heterocycles. The summed E-state index contributed by atoms with van der Waals surface area (Å²) < 4.78 is 4.89. The van der Waals surface area contributed by atoms with Gasteiger partial charge in [-0.15, -0.1) is 0 Å². The van der Waals surface area contributed by atoms with Crippen LogP contribution in [0.3, 0.4) is 0 Å². The number of methoxy groups -OCH3 is 1. The van der Waals surface area contributed by atoms with Gasteiger partial charge in [0.15, 0.2) is 0 Å². The van der Waals surface area contributed by atoms with Crippen molar-refractivity contribution < 1.29 is 4.74 Å². The molecule has 0 saturated carbocycles. The summed E-state index contributed by atoms with van der Waals surface area (Å²) in [5.41, 5.74) is 0. The van der Waals surface area contributed by atoms with Crippen molar-refractivity contribution in [2.24, 2.45) is 0 Å². The van der Waals surface area contributed by atoms with Crippen LogP contribution in [0.1, 0.15) is 0 Å². The summed E-state index contributed by atoms with van der Waals surface area (Å²) in [5.74, 6) is 2.99. The second-order valence-electron chi connectivity index (χ2n) is 1.72. The van der Waals surface area contributed by atoms with Crippen LogP contribution in [0.25, 0.3) is 0 Å². The fourth-order valence-electron chi connectivity index (χ4n) is 0.436. The molecular formula is C7H14OS2. The molecule has 10 heavy (non-hydrogen) atoms. The second-order valence-corrected chi connectivity index (χ2v) is 3.24. The zero-order valence-corrected chi connectivity index (χ0v) is 7.96. The van der Waals surface area contributed by atoms with Gasteiger partial charge in [-0.2, -0.15) is 24.4 Å². The molecule has 0 rings (SSSR count). The second kappa shape index (κ2) is 9.40. The quantitative estimate of drug-likeness (QED) is 0.378. The first kappa shape index (κ1) is 10.4. The van der Waals surface area contributed by atoms with Crippen molar-refractivity contribution in [3.8, 4) is 0 Å². The molecule has 0 aromatic heterocycles. The first-order valence-electron chi connectivity index (χ1n) is 3.24. The van der Waals surface area contributed by atoms with E-state index in [4.69, 9.17) is 4.74 Å². The number of hydrogen-bond donors (Lipinski definition) is 1. The summed E-state index contributed by atoms with van der Waals surface area (Å²) in [6.45, 7) is 0.847. The van der Waals surface area contributed by atoms with Crippen molar-refractivity contribution in [1.82, 2.24) is 0 Å². The predicted octanol–water partition coefficient (Wildman–Crippen LogP) is 1.85. The van der Waals surface area contributed by atoms with Gasteiger partial charge in [-0.25, -0.2) is 0 Å². The summed E-state index contributed by atoms with van der Waals surface area (Å²) in [4.78, 5) is 0. The highest BCUT2D eigenvalue weighted by Gasteiger charge is 1.82. The fraction of sp³-hybridized carbons (Fsp3) is 0.714. The summed E-state index contributed by atoms with van der Waals surface area (Å²) >= 11 is 5.92.